The third-order valence-electron chi connectivity index (χ3n) is 4.89. The number of rotatable bonds is 8. The summed E-state index contributed by atoms with van der Waals surface area (Å²) in [6.45, 7) is 4.71. The van der Waals surface area contributed by atoms with Crippen LogP contribution in [0.3, 0.4) is 0 Å². The molecule has 1 aromatic carbocycles. The second-order valence-corrected chi connectivity index (χ2v) is 7.09. The van der Waals surface area contributed by atoms with Crippen molar-refractivity contribution in [2.24, 2.45) is 11.7 Å². The number of carbonyl (C=O) groups excluding carboxylic acids is 2. The van der Waals surface area contributed by atoms with E-state index in [1.165, 1.54) is 5.56 Å². The van der Waals surface area contributed by atoms with Gasteiger partial charge in [-0.1, -0.05) is 12.1 Å². The summed E-state index contributed by atoms with van der Waals surface area (Å²) in [5, 5.41) is 3.07. The molecule has 1 aliphatic carbocycles. The highest BCUT2D eigenvalue weighted by atomic mass is 16.5. The van der Waals surface area contributed by atoms with E-state index < -0.39 is 0 Å². The molecule has 0 unspecified atom stereocenters. The van der Waals surface area contributed by atoms with E-state index in [9.17, 15) is 9.59 Å². The fourth-order valence-electron chi connectivity index (χ4n) is 3.25. The average molecular weight is 346 g/mol. The van der Waals surface area contributed by atoms with Crippen LogP contribution in [0.1, 0.15) is 56.1 Å². The number of nitrogens with two attached hydrogens (primary N) is 1. The van der Waals surface area contributed by atoms with Crippen molar-refractivity contribution in [1.29, 1.82) is 0 Å². The molecule has 0 heterocycles. The Bertz CT molecular complexity index is 593. The minimum Gasteiger partial charge on any atom is -0.493 e. The molecule has 5 heteroatoms. The first-order valence-corrected chi connectivity index (χ1v) is 9.24. The van der Waals surface area contributed by atoms with Crippen LogP contribution in [0.25, 0.3) is 0 Å². The predicted molar refractivity (Wildman–Crippen MR) is 98.3 cm³/mol. The van der Waals surface area contributed by atoms with Gasteiger partial charge in [0.25, 0.3) is 0 Å². The second kappa shape index (κ2) is 9.44. The summed E-state index contributed by atoms with van der Waals surface area (Å²) in [5.41, 5.74) is 7.65. The van der Waals surface area contributed by atoms with Crippen molar-refractivity contribution >= 4 is 11.8 Å². The molecule has 5 nitrogen and oxygen atoms in total. The van der Waals surface area contributed by atoms with Crippen molar-refractivity contribution in [1.82, 2.24) is 5.32 Å². The Morgan fingerprint density at radius 3 is 2.56 bits per heavy atom. The van der Waals surface area contributed by atoms with Crippen molar-refractivity contribution < 1.29 is 14.3 Å². The lowest BCUT2D eigenvalue weighted by Gasteiger charge is -2.27. The number of unbranched alkanes of at least 4 members (excludes halogenated alkanes) is 1. The number of amides is 2. The van der Waals surface area contributed by atoms with Crippen LogP contribution in [0, 0.1) is 19.8 Å². The van der Waals surface area contributed by atoms with Crippen molar-refractivity contribution in [2.75, 3.05) is 6.61 Å². The van der Waals surface area contributed by atoms with Crippen LogP contribution in [-0.2, 0) is 9.59 Å². The van der Waals surface area contributed by atoms with Crippen molar-refractivity contribution in [3.05, 3.63) is 29.3 Å². The van der Waals surface area contributed by atoms with Gasteiger partial charge in [0.15, 0.2) is 0 Å². The molecule has 1 saturated carbocycles. The lowest BCUT2D eigenvalue weighted by Crippen LogP contribution is -2.39. The molecule has 0 aromatic heterocycles. The summed E-state index contributed by atoms with van der Waals surface area (Å²) in [6.07, 6.45) is 5.44. The highest BCUT2D eigenvalue weighted by molar-refractivity contribution is 5.77. The molecule has 0 radical (unpaired) electrons. The van der Waals surface area contributed by atoms with Crippen LogP contribution in [-0.4, -0.2) is 24.5 Å². The first kappa shape index (κ1) is 19.3. The van der Waals surface area contributed by atoms with E-state index in [1.807, 2.05) is 19.9 Å². The van der Waals surface area contributed by atoms with Gasteiger partial charge in [-0.2, -0.15) is 0 Å². The molecule has 0 bridgehead atoms. The van der Waals surface area contributed by atoms with Crippen LogP contribution < -0.4 is 15.8 Å². The molecule has 1 fully saturated rings. The molecule has 138 valence electrons. The van der Waals surface area contributed by atoms with Crippen LogP contribution in [0.4, 0.5) is 0 Å². The highest BCUT2D eigenvalue weighted by Crippen LogP contribution is 2.24. The highest BCUT2D eigenvalue weighted by Gasteiger charge is 2.25. The van der Waals surface area contributed by atoms with Gasteiger partial charge in [0, 0.05) is 18.4 Å². The van der Waals surface area contributed by atoms with Gasteiger partial charge in [0.1, 0.15) is 5.75 Å². The summed E-state index contributed by atoms with van der Waals surface area (Å²) in [5.74, 6) is 0.786. The third-order valence-corrected chi connectivity index (χ3v) is 4.89. The number of ether oxygens (including phenoxy) is 1. The fraction of sp³-hybridized carbons (Fsp3) is 0.600. The van der Waals surface area contributed by atoms with E-state index in [1.54, 1.807) is 0 Å². The standard InChI is InChI=1S/C20H30N2O3/c1-14-6-7-15(2)18(13-14)25-12-4-3-5-19(23)22-17-10-8-16(9-11-17)20(21)24/h6-7,13,16-17H,3-5,8-12H2,1-2H3,(H2,21,24)(H,22,23). The topological polar surface area (TPSA) is 81.4 Å². The Kier molecular flexibility index (Phi) is 7.29. The molecule has 1 aliphatic rings. The molecule has 0 aliphatic heterocycles. The molecular formula is C20H30N2O3. The zero-order valence-corrected chi connectivity index (χ0v) is 15.3. The van der Waals surface area contributed by atoms with Gasteiger partial charge in [0.05, 0.1) is 6.61 Å². The van der Waals surface area contributed by atoms with Gasteiger partial charge in [0.2, 0.25) is 11.8 Å². The summed E-state index contributed by atoms with van der Waals surface area (Å²) < 4.78 is 5.81. The maximum atomic E-state index is 12.0. The van der Waals surface area contributed by atoms with Gasteiger partial charge >= 0.3 is 0 Å². The summed E-state index contributed by atoms with van der Waals surface area (Å²) in [6, 6.07) is 6.37. The van der Waals surface area contributed by atoms with Gasteiger partial charge < -0.3 is 15.8 Å². The molecule has 2 rings (SSSR count). The third kappa shape index (κ3) is 6.40. The quantitative estimate of drug-likeness (QED) is 0.710. The number of nitrogens with one attached hydrogen (secondary N) is 1. The minimum absolute atomic E-state index is 0.0182. The van der Waals surface area contributed by atoms with E-state index in [2.05, 4.69) is 17.4 Å². The molecule has 0 saturated heterocycles. The number of primary amides is 1. The first-order chi connectivity index (χ1) is 12.0. The predicted octanol–water partition coefficient (Wildman–Crippen LogP) is 3.01. The normalized spacial score (nSPS) is 20.1. The van der Waals surface area contributed by atoms with E-state index in [0.717, 1.165) is 49.8 Å². The monoisotopic (exact) mass is 346 g/mol. The zero-order valence-electron chi connectivity index (χ0n) is 15.3. The van der Waals surface area contributed by atoms with Gasteiger partial charge in [-0.05, 0) is 69.6 Å². The van der Waals surface area contributed by atoms with Gasteiger partial charge in [-0.3, -0.25) is 9.59 Å². The van der Waals surface area contributed by atoms with E-state index in [0.29, 0.717) is 13.0 Å². The molecule has 3 N–H and O–H groups in total. The van der Waals surface area contributed by atoms with Gasteiger partial charge in [-0.25, -0.2) is 0 Å². The Hall–Kier alpha value is -2.04. The largest absolute Gasteiger partial charge is 0.493 e. The first-order valence-electron chi connectivity index (χ1n) is 9.24. The molecule has 25 heavy (non-hydrogen) atoms. The lowest BCUT2D eigenvalue weighted by atomic mass is 9.85. The number of benzene rings is 1. The molecule has 1 aromatic rings. The zero-order chi connectivity index (χ0) is 18.2. The van der Waals surface area contributed by atoms with Gasteiger partial charge in [-0.15, -0.1) is 0 Å². The van der Waals surface area contributed by atoms with Crippen LogP contribution in [0.5, 0.6) is 5.75 Å². The van der Waals surface area contributed by atoms with E-state index in [-0.39, 0.29) is 23.8 Å². The van der Waals surface area contributed by atoms with Crippen molar-refractivity contribution in [3.63, 3.8) is 0 Å². The molecular weight excluding hydrogens is 316 g/mol. The van der Waals surface area contributed by atoms with Crippen LogP contribution in [0.2, 0.25) is 0 Å². The molecule has 0 atom stereocenters. The van der Waals surface area contributed by atoms with Crippen LogP contribution in [0.15, 0.2) is 18.2 Å². The molecule has 0 spiro atoms. The van der Waals surface area contributed by atoms with Crippen molar-refractivity contribution in [2.45, 2.75) is 64.8 Å². The Labute approximate surface area is 150 Å². The smallest absolute Gasteiger partial charge is 0.220 e. The maximum absolute atomic E-state index is 12.0. The van der Waals surface area contributed by atoms with Crippen molar-refractivity contribution in [3.8, 4) is 5.75 Å². The van der Waals surface area contributed by atoms with E-state index in [4.69, 9.17) is 10.5 Å². The average Bonchev–Trinajstić information content (AvgIpc) is 2.58. The van der Waals surface area contributed by atoms with E-state index >= 15 is 0 Å². The summed E-state index contributed by atoms with van der Waals surface area (Å²) in [7, 11) is 0. The summed E-state index contributed by atoms with van der Waals surface area (Å²) in [4.78, 5) is 23.2. The SMILES string of the molecule is Cc1ccc(C)c(OCCCCC(=O)NC2CCC(C(N)=O)CC2)c1. The number of hydrogen-bond donors (Lipinski definition) is 2. The lowest BCUT2D eigenvalue weighted by molar-refractivity contribution is -0.123. The Morgan fingerprint density at radius 1 is 1.16 bits per heavy atom. The number of aryl methyl sites for hydroxylation is 2. The number of hydrogen-bond acceptors (Lipinski definition) is 3. The second-order valence-electron chi connectivity index (χ2n) is 7.09. The maximum Gasteiger partial charge on any atom is 0.220 e. The fourth-order valence-corrected chi connectivity index (χ4v) is 3.25. The number of carbonyl (C=O) groups is 2. The Morgan fingerprint density at radius 2 is 1.88 bits per heavy atom. The van der Waals surface area contributed by atoms with Crippen LogP contribution >= 0.6 is 0 Å². The summed E-state index contributed by atoms with van der Waals surface area (Å²) >= 11 is 0. The Balaban J connectivity index is 1.58. The molecule has 2 amide bonds. The minimum atomic E-state index is -0.214.